The van der Waals surface area contributed by atoms with Crippen molar-refractivity contribution in [2.24, 2.45) is 7.05 Å². The summed E-state index contributed by atoms with van der Waals surface area (Å²) in [5.74, 6) is 0.925. The van der Waals surface area contributed by atoms with Crippen LogP contribution in [-0.2, 0) is 44.1 Å². The van der Waals surface area contributed by atoms with Crippen molar-refractivity contribution in [3.05, 3.63) is 38.6 Å². The van der Waals surface area contributed by atoms with Crippen LogP contribution in [0.2, 0.25) is 0 Å². The van der Waals surface area contributed by atoms with Crippen molar-refractivity contribution in [3.8, 4) is 0 Å². The van der Waals surface area contributed by atoms with Crippen molar-refractivity contribution in [3.63, 3.8) is 0 Å². The fraction of sp³-hybridized carbons (Fsp3) is 0.667. The number of hydrogen-bond donors (Lipinski definition) is 0. The summed E-state index contributed by atoms with van der Waals surface area (Å²) in [5.41, 5.74) is 5.74. The first-order valence-electron chi connectivity index (χ1n) is 12.2. The zero-order valence-corrected chi connectivity index (χ0v) is 19.6. The number of carbonyl (C=O) groups excluding carboxylic acids is 1. The maximum Gasteiger partial charge on any atom is 0.257 e. The summed E-state index contributed by atoms with van der Waals surface area (Å²) in [6.45, 7) is 0.608. The molecule has 1 fully saturated rings. The molecule has 170 valence electrons. The van der Waals surface area contributed by atoms with Gasteiger partial charge in [-0.25, -0.2) is 4.98 Å². The third kappa shape index (κ3) is 3.33. The topological polar surface area (TPSA) is 73.0 Å². The molecule has 2 aromatic rings. The first kappa shape index (κ1) is 20.5. The Morgan fingerprint density at radius 1 is 1.09 bits per heavy atom. The van der Waals surface area contributed by atoms with E-state index in [1.165, 1.54) is 30.5 Å². The van der Waals surface area contributed by atoms with Crippen LogP contribution in [0, 0.1) is 0 Å². The lowest BCUT2D eigenvalue weighted by Gasteiger charge is -2.30. The van der Waals surface area contributed by atoms with Crippen LogP contribution < -0.4 is 5.56 Å². The highest BCUT2D eigenvalue weighted by Crippen LogP contribution is 2.36. The number of rotatable bonds is 5. The van der Waals surface area contributed by atoms with Crippen molar-refractivity contribution in [1.82, 2.24) is 24.2 Å². The number of fused-ring (bicyclic) bond motifs is 3. The quantitative estimate of drug-likeness (QED) is 0.651. The van der Waals surface area contributed by atoms with Gasteiger partial charge in [-0.05, 0) is 56.9 Å². The summed E-state index contributed by atoms with van der Waals surface area (Å²) in [4.78, 5) is 33.7. The third-order valence-corrected chi connectivity index (χ3v) is 8.98. The van der Waals surface area contributed by atoms with E-state index >= 15 is 0 Å². The number of aromatic nitrogens is 4. The molecule has 0 aromatic carbocycles. The summed E-state index contributed by atoms with van der Waals surface area (Å²) < 4.78 is 3.85. The number of thioether (sulfide) groups is 1. The molecule has 1 saturated carbocycles. The van der Waals surface area contributed by atoms with Gasteiger partial charge in [0.2, 0.25) is 5.91 Å². The Hall–Kier alpha value is -2.09. The minimum absolute atomic E-state index is 0.0910. The van der Waals surface area contributed by atoms with E-state index in [0.29, 0.717) is 19.0 Å². The van der Waals surface area contributed by atoms with Gasteiger partial charge in [0, 0.05) is 36.5 Å². The molecule has 1 atom stereocenters. The van der Waals surface area contributed by atoms with Crippen molar-refractivity contribution in [2.45, 2.75) is 94.4 Å². The van der Waals surface area contributed by atoms with E-state index in [1.807, 2.05) is 16.3 Å². The molecule has 1 unspecified atom stereocenters. The molecule has 2 aromatic heterocycles. The summed E-state index contributed by atoms with van der Waals surface area (Å²) in [6, 6.07) is 0.205. The molecule has 4 aliphatic rings. The normalized spacial score (nSPS) is 21.7. The van der Waals surface area contributed by atoms with E-state index in [4.69, 9.17) is 10.1 Å². The predicted molar refractivity (Wildman–Crippen MR) is 123 cm³/mol. The fourth-order valence-corrected chi connectivity index (χ4v) is 7.40. The molecule has 1 amide bonds. The Labute approximate surface area is 192 Å². The van der Waals surface area contributed by atoms with Gasteiger partial charge in [0.1, 0.15) is 0 Å². The Bertz CT molecular complexity index is 1130. The minimum atomic E-state index is -0.0910. The molecule has 3 aliphatic carbocycles. The second kappa shape index (κ2) is 8.04. The lowest BCUT2D eigenvalue weighted by atomic mass is 10.1. The van der Waals surface area contributed by atoms with Crippen molar-refractivity contribution < 1.29 is 4.79 Å². The molecule has 0 radical (unpaired) electrons. The Morgan fingerprint density at radius 3 is 2.72 bits per heavy atom. The number of aryl methyl sites for hydroxylation is 2. The van der Waals surface area contributed by atoms with E-state index in [0.717, 1.165) is 72.8 Å². The molecule has 3 heterocycles. The lowest BCUT2D eigenvalue weighted by Crippen LogP contribution is -2.40. The fourth-order valence-electron chi connectivity index (χ4n) is 6.24. The summed E-state index contributed by atoms with van der Waals surface area (Å²) >= 11 is 1.63. The molecule has 0 N–H and O–H groups in total. The van der Waals surface area contributed by atoms with E-state index in [1.54, 1.807) is 11.8 Å². The molecule has 0 bridgehead atoms. The standard InChI is InChI=1S/C24H31N5O2S/c1-27-21-11-5-8-17(21)20(26-27)13-28(15-6-2-3-7-15)22(30)12-16-14-32-24-25-19-10-4-9-18(19)23(31)29(16)24/h15-16H,2-14H2,1H3. The SMILES string of the molecule is Cn1nc(CN(C(=O)CC2CSc3nc4c(c(=O)n32)CCC4)C2CCCC2)c2c1CCC2. The van der Waals surface area contributed by atoms with Crippen LogP contribution in [0.25, 0.3) is 0 Å². The average Bonchev–Trinajstić information content (AvgIpc) is 3.58. The third-order valence-electron chi connectivity index (χ3n) is 7.89. The van der Waals surface area contributed by atoms with Crippen LogP contribution in [0.4, 0.5) is 0 Å². The largest absolute Gasteiger partial charge is 0.334 e. The highest BCUT2D eigenvalue weighted by Gasteiger charge is 2.35. The van der Waals surface area contributed by atoms with E-state index < -0.39 is 0 Å². The maximum absolute atomic E-state index is 13.7. The van der Waals surface area contributed by atoms with Gasteiger partial charge in [0.15, 0.2) is 5.16 Å². The van der Waals surface area contributed by atoms with E-state index in [9.17, 15) is 9.59 Å². The molecule has 0 spiro atoms. The monoisotopic (exact) mass is 453 g/mol. The first-order valence-corrected chi connectivity index (χ1v) is 13.2. The van der Waals surface area contributed by atoms with E-state index in [2.05, 4.69) is 4.90 Å². The molecule has 32 heavy (non-hydrogen) atoms. The second-order valence-corrected chi connectivity index (χ2v) is 10.8. The highest BCUT2D eigenvalue weighted by molar-refractivity contribution is 7.99. The Morgan fingerprint density at radius 2 is 1.88 bits per heavy atom. The molecule has 6 rings (SSSR count). The van der Waals surface area contributed by atoms with Gasteiger partial charge in [-0.1, -0.05) is 24.6 Å². The van der Waals surface area contributed by atoms with Crippen molar-refractivity contribution in [2.75, 3.05) is 5.75 Å². The molecular formula is C24H31N5O2S. The van der Waals surface area contributed by atoms with Crippen LogP contribution in [0.1, 0.15) is 79.2 Å². The van der Waals surface area contributed by atoms with Crippen LogP contribution in [0.15, 0.2) is 9.95 Å². The zero-order valence-electron chi connectivity index (χ0n) is 18.8. The highest BCUT2D eigenvalue weighted by atomic mass is 32.2. The number of carbonyl (C=O) groups is 1. The molecule has 0 saturated heterocycles. The molecular weight excluding hydrogens is 422 g/mol. The minimum Gasteiger partial charge on any atom is -0.334 e. The summed E-state index contributed by atoms with van der Waals surface area (Å²) in [7, 11) is 2.03. The van der Waals surface area contributed by atoms with Crippen molar-refractivity contribution >= 4 is 17.7 Å². The van der Waals surface area contributed by atoms with Crippen LogP contribution in [0.5, 0.6) is 0 Å². The van der Waals surface area contributed by atoms with Gasteiger partial charge >= 0.3 is 0 Å². The van der Waals surface area contributed by atoms with Gasteiger partial charge < -0.3 is 4.90 Å². The van der Waals surface area contributed by atoms with Crippen LogP contribution in [-0.4, -0.2) is 41.9 Å². The van der Waals surface area contributed by atoms with Crippen LogP contribution >= 0.6 is 11.8 Å². The number of nitrogens with zero attached hydrogens (tertiary/aromatic N) is 5. The van der Waals surface area contributed by atoms with Gasteiger partial charge in [0.25, 0.3) is 5.56 Å². The van der Waals surface area contributed by atoms with Gasteiger partial charge in [-0.3, -0.25) is 18.8 Å². The molecule has 7 nitrogen and oxygen atoms in total. The molecule has 1 aliphatic heterocycles. The Kier molecular flexibility index (Phi) is 5.16. The second-order valence-electron chi connectivity index (χ2n) is 9.83. The van der Waals surface area contributed by atoms with Gasteiger partial charge in [0.05, 0.1) is 24.0 Å². The van der Waals surface area contributed by atoms with Crippen LogP contribution in [0.3, 0.4) is 0 Å². The number of amides is 1. The maximum atomic E-state index is 13.7. The zero-order chi connectivity index (χ0) is 21.8. The predicted octanol–water partition coefficient (Wildman–Crippen LogP) is 2.96. The van der Waals surface area contributed by atoms with Crippen molar-refractivity contribution in [1.29, 1.82) is 0 Å². The summed E-state index contributed by atoms with van der Waals surface area (Å²) in [5, 5.41) is 5.61. The first-order chi connectivity index (χ1) is 15.6. The smallest absolute Gasteiger partial charge is 0.257 e. The Balaban J connectivity index is 1.27. The van der Waals surface area contributed by atoms with E-state index in [-0.39, 0.29) is 17.5 Å². The number of hydrogen-bond acceptors (Lipinski definition) is 5. The average molecular weight is 454 g/mol. The summed E-state index contributed by atoms with van der Waals surface area (Å²) in [6.07, 6.45) is 11.0. The molecule has 8 heteroatoms. The van der Waals surface area contributed by atoms with Gasteiger partial charge in [-0.2, -0.15) is 5.10 Å². The van der Waals surface area contributed by atoms with Gasteiger partial charge in [-0.15, -0.1) is 0 Å². The lowest BCUT2D eigenvalue weighted by molar-refractivity contribution is -0.135.